The molecule has 0 aromatic heterocycles. The number of carbonyl (C=O) groups excluding carboxylic acids is 2. The standard InChI is InChI=1S/C38H73O10P/c1-3-5-7-9-11-13-15-16-17-18-20-22-24-26-28-30-38(42)48-36(34-47-49(43,44)46-32-35(40)31-39)33-45-37(41)29-27-25-23-21-19-14-12-10-8-6-4-2/h16-17,35-36,39-40H,3-15,18-34H2,1-2H3,(H,43,44)/b17-16-. The topological polar surface area (TPSA) is 149 Å². The van der Waals surface area contributed by atoms with Gasteiger partial charge >= 0.3 is 19.8 Å². The van der Waals surface area contributed by atoms with E-state index in [1.165, 1.54) is 83.5 Å². The van der Waals surface area contributed by atoms with Crippen LogP contribution in [0.4, 0.5) is 0 Å². The van der Waals surface area contributed by atoms with Crippen LogP contribution in [0, 0.1) is 0 Å². The molecular formula is C38H73O10P. The summed E-state index contributed by atoms with van der Waals surface area (Å²) in [5.74, 6) is -0.930. The number of esters is 2. The molecule has 0 aromatic rings. The van der Waals surface area contributed by atoms with Crippen LogP contribution in [0.2, 0.25) is 0 Å². The lowest BCUT2D eigenvalue weighted by molar-refractivity contribution is -0.161. The summed E-state index contributed by atoms with van der Waals surface area (Å²) in [6, 6.07) is 0. The highest BCUT2D eigenvalue weighted by Crippen LogP contribution is 2.43. The quantitative estimate of drug-likeness (QED) is 0.0245. The second-order valence-electron chi connectivity index (χ2n) is 13.3. The maximum atomic E-state index is 12.5. The predicted octanol–water partition coefficient (Wildman–Crippen LogP) is 9.67. The number of phosphoric acid groups is 1. The molecule has 49 heavy (non-hydrogen) atoms. The van der Waals surface area contributed by atoms with Gasteiger partial charge in [0.25, 0.3) is 0 Å². The van der Waals surface area contributed by atoms with E-state index in [-0.39, 0.29) is 19.4 Å². The molecule has 3 N–H and O–H groups in total. The van der Waals surface area contributed by atoms with Crippen molar-refractivity contribution in [3.05, 3.63) is 12.2 Å². The second kappa shape index (κ2) is 35.1. The fourth-order valence-electron chi connectivity index (χ4n) is 5.34. The van der Waals surface area contributed by atoms with Crippen molar-refractivity contribution in [2.75, 3.05) is 26.4 Å². The van der Waals surface area contributed by atoms with Gasteiger partial charge in [-0.2, -0.15) is 0 Å². The minimum Gasteiger partial charge on any atom is -0.462 e. The van der Waals surface area contributed by atoms with Crippen LogP contribution in [0.1, 0.15) is 181 Å². The number of allylic oxidation sites excluding steroid dienone is 2. The Morgan fingerprint density at radius 1 is 0.592 bits per heavy atom. The van der Waals surface area contributed by atoms with Crippen molar-refractivity contribution in [3.8, 4) is 0 Å². The SMILES string of the molecule is CCCCCCCC/C=C\CCCCCCCC(=O)OC(COC(=O)CCCCCCCCCCCCC)COP(=O)(O)OCC(O)CO. The first-order chi connectivity index (χ1) is 23.7. The van der Waals surface area contributed by atoms with Crippen LogP contribution in [0.3, 0.4) is 0 Å². The Morgan fingerprint density at radius 3 is 1.47 bits per heavy atom. The Kier molecular flexibility index (Phi) is 34.2. The van der Waals surface area contributed by atoms with Gasteiger partial charge in [-0.1, -0.05) is 142 Å². The zero-order valence-electron chi connectivity index (χ0n) is 31.2. The first-order valence-corrected chi connectivity index (χ1v) is 21.1. The van der Waals surface area contributed by atoms with Gasteiger partial charge in [0.05, 0.1) is 19.8 Å². The number of carbonyl (C=O) groups is 2. The lowest BCUT2D eigenvalue weighted by atomic mass is 10.1. The van der Waals surface area contributed by atoms with Crippen LogP contribution in [-0.2, 0) is 32.7 Å². The van der Waals surface area contributed by atoms with Gasteiger partial charge in [0.15, 0.2) is 6.10 Å². The van der Waals surface area contributed by atoms with Gasteiger partial charge in [0.2, 0.25) is 0 Å². The largest absolute Gasteiger partial charge is 0.472 e. The molecule has 0 aromatic carbocycles. The summed E-state index contributed by atoms with van der Waals surface area (Å²) in [4.78, 5) is 34.8. The molecule has 290 valence electrons. The molecule has 0 rings (SSSR count). The highest BCUT2D eigenvalue weighted by Gasteiger charge is 2.27. The molecule has 0 spiro atoms. The molecule has 0 heterocycles. The molecule has 0 fully saturated rings. The zero-order valence-corrected chi connectivity index (χ0v) is 32.1. The molecule has 0 aliphatic rings. The minimum atomic E-state index is -4.61. The zero-order chi connectivity index (χ0) is 36.3. The van der Waals surface area contributed by atoms with Crippen molar-refractivity contribution >= 4 is 19.8 Å². The minimum absolute atomic E-state index is 0.178. The van der Waals surface area contributed by atoms with Gasteiger partial charge < -0.3 is 24.6 Å². The predicted molar refractivity (Wildman–Crippen MR) is 196 cm³/mol. The van der Waals surface area contributed by atoms with Crippen LogP contribution in [0.15, 0.2) is 12.2 Å². The number of phosphoric ester groups is 1. The van der Waals surface area contributed by atoms with Crippen LogP contribution in [0.25, 0.3) is 0 Å². The Labute approximate surface area is 298 Å². The van der Waals surface area contributed by atoms with E-state index in [1.54, 1.807) is 0 Å². The van der Waals surface area contributed by atoms with Gasteiger partial charge in [-0.3, -0.25) is 18.6 Å². The van der Waals surface area contributed by atoms with Crippen LogP contribution < -0.4 is 0 Å². The lowest BCUT2D eigenvalue weighted by Gasteiger charge is -2.20. The number of aliphatic hydroxyl groups excluding tert-OH is 2. The van der Waals surface area contributed by atoms with E-state index in [2.05, 4.69) is 30.5 Å². The van der Waals surface area contributed by atoms with Crippen molar-refractivity contribution < 1.29 is 47.8 Å². The maximum Gasteiger partial charge on any atom is 0.472 e. The first kappa shape index (κ1) is 47.7. The summed E-state index contributed by atoms with van der Waals surface area (Å²) in [6.07, 6.45) is 30.4. The number of unbranched alkanes of at least 4 members (excludes halogenated alkanes) is 21. The second-order valence-corrected chi connectivity index (χ2v) is 14.8. The van der Waals surface area contributed by atoms with Crippen molar-refractivity contribution in [1.82, 2.24) is 0 Å². The van der Waals surface area contributed by atoms with E-state index < -0.39 is 51.8 Å². The van der Waals surface area contributed by atoms with Crippen molar-refractivity contribution in [1.29, 1.82) is 0 Å². The molecule has 10 nitrogen and oxygen atoms in total. The number of ether oxygens (including phenoxy) is 2. The van der Waals surface area contributed by atoms with Crippen LogP contribution in [0.5, 0.6) is 0 Å². The summed E-state index contributed by atoms with van der Waals surface area (Å²) in [5, 5.41) is 18.3. The van der Waals surface area contributed by atoms with Gasteiger partial charge in [-0.05, 0) is 38.5 Å². The summed E-state index contributed by atoms with van der Waals surface area (Å²) < 4.78 is 32.6. The average molecular weight is 721 g/mol. The van der Waals surface area contributed by atoms with Gasteiger partial charge in [0, 0.05) is 12.8 Å². The van der Waals surface area contributed by atoms with Gasteiger partial charge in [-0.25, -0.2) is 4.57 Å². The molecule has 0 saturated carbocycles. The van der Waals surface area contributed by atoms with E-state index in [0.29, 0.717) is 12.8 Å². The lowest BCUT2D eigenvalue weighted by Crippen LogP contribution is -2.29. The third-order valence-electron chi connectivity index (χ3n) is 8.42. The number of hydrogen-bond donors (Lipinski definition) is 3. The smallest absolute Gasteiger partial charge is 0.462 e. The van der Waals surface area contributed by atoms with Crippen molar-refractivity contribution in [3.63, 3.8) is 0 Å². The summed E-state index contributed by atoms with van der Waals surface area (Å²) in [6.45, 7) is 2.36. The summed E-state index contributed by atoms with van der Waals surface area (Å²) >= 11 is 0. The van der Waals surface area contributed by atoms with Crippen molar-refractivity contribution in [2.24, 2.45) is 0 Å². The first-order valence-electron chi connectivity index (χ1n) is 19.6. The Bertz CT molecular complexity index is 837. The fraction of sp³-hybridized carbons (Fsp3) is 0.895. The molecule has 0 aliphatic heterocycles. The molecule has 0 bridgehead atoms. The molecule has 0 amide bonds. The van der Waals surface area contributed by atoms with E-state index in [4.69, 9.17) is 19.1 Å². The monoisotopic (exact) mass is 720 g/mol. The number of hydrogen-bond acceptors (Lipinski definition) is 9. The van der Waals surface area contributed by atoms with E-state index in [1.807, 2.05) is 0 Å². The molecule has 3 unspecified atom stereocenters. The average Bonchev–Trinajstić information content (AvgIpc) is 3.09. The third-order valence-corrected chi connectivity index (χ3v) is 9.37. The highest BCUT2D eigenvalue weighted by atomic mass is 31.2. The number of aliphatic hydroxyl groups is 2. The van der Waals surface area contributed by atoms with E-state index >= 15 is 0 Å². The summed E-state index contributed by atoms with van der Waals surface area (Å²) in [7, 11) is -4.61. The Morgan fingerprint density at radius 2 is 1.00 bits per heavy atom. The van der Waals surface area contributed by atoms with Gasteiger partial charge in [-0.15, -0.1) is 0 Å². The molecule has 0 saturated heterocycles. The third kappa shape index (κ3) is 34.9. The molecular weight excluding hydrogens is 647 g/mol. The highest BCUT2D eigenvalue weighted by molar-refractivity contribution is 7.47. The van der Waals surface area contributed by atoms with Gasteiger partial charge in [0.1, 0.15) is 12.7 Å². The van der Waals surface area contributed by atoms with Crippen LogP contribution in [-0.4, -0.2) is 65.7 Å². The Hall–Kier alpha value is -1.29. The van der Waals surface area contributed by atoms with E-state index in [9.17, 15) is 24.2 Å². The van der Waals surface area contributed by atoms with Crippen molar-refractivity contribution in [2.45, 2.75) is 193 Å². The molecule has 0 aliphatic carbocycles. The Balaban J connectivity index is 4.35. The normalized spacial score (nSPS) is 14.1. The van der Waals surface area contributed by atoms with E-state index in [0.717, 1.165) is 57.8 Å². The maximum absolute atomic E-state index is 12.5. The molecule has 0 radical (unpaired) electrons. The number of rotatable bonds is 37. The fourth-order valence-corrected chi connectivity index (χ4v) is 6.13. The van der Waals surface area contributed by atoms with Crippen LogP contribution >= 0.6 is 7.82 Å². The summed E-state index contributed by atoms with van der Waals surface area (Å²) in [5.41, 5.74) is 0. The molecule has 11 heteroatoms. The molecule has 3 atom stereocenters.